The Morgan fingerprint density at radius 3 is 2.86 bits per heavy atom. The third-order valence-electron chi connectivity index (χ3n) is 5.49. The average molecular weight is 380 g/mol. The fourth-order valence-electron chi connectivity index (χ4n) is 3.78. The predicted octanol–water partition coefficient (Wildman–Crippen LogP) is 3.66. The Hall–Kier alpha value is -2.65. The van der Waals surface area contributed by atoms with Gasteiger partial charge in [0.2, 0.25) is 5.95 Å². The summed E-state index contributed by atoms with van der Waals surface area (Å²) in [6.45, 7) is 6.96. The van der Waals surface area contributed by atoms with Crippen LogP contribution in [0.1, 0.15) is 49.8 Å². The van der Waals surface area contributed by atoms with Gasteiger partial charge in [0.05, 0.1) is 12.3 Å². The summed E-state index contributed by atoms with van der Waals surface area (Å²) in [6.07, 6.45) is 4.59. The molecule has 1 aromatic carbocycles. The van der Waals surface area contributed by atoms with Crippen LogP contribution in [0.25, 0.3) is 0 Å². The van der Waals surface area contributed by atoms with Crippen LogP contribution >= 0.6 is 0 Å². The largest absolute Gasteiger partial charge is 0.393 e. The minimum absolute atomic E-state index is 0.148. The molecule has 0 radical (unpaired) electrons. The summed E-state index contributed by atoms with van der Waals surface area (Å²) in [4.78, 5) is 8.80. The lowest BCUT2D eigenvalue weighted by atomic mass is 9.73. The van der Waals surface area contributed by atoms with E-state index in [1.165, 1.54) is 11.1 Å². The van der Waals surface area contributed by atoms with Gasteiger partial charge in [0.1, 0.15) is 17.5 Å². The van der Waals surface area contributed by atoms with Gasteiger partial charge in [0.15, 0.2) is 0 Å². The molecular weight excluding hydrogens is 350 g/mol. The second-order valence-electron chi connectivity index (χ2n) is 8.36. The zero-order valence-corrected chi connectivity index (χ0v) is 16.9. The highest BCUT2D eigenvalue weighted by atomic mass is 16.3. The lowest BCUT2D eigenvalue weighted by Crippen LogP contribution is -2.41. The van der Waals surface area contributed by atoms with Gasteiger partial charge in [-0.2, -0.15) is 10.2 Å². The van der Waals surface area contributed by atoms with Gasteiger partial charge in [0.25, 0.3) is 0 Å². The second-order valence-corrected chi connectivity index (χ2v) is 8.36. The van der Waals surface area contributed by atoms with Crippen LogP contribution in [0.3, 0.4) is 0 Å². The minimum atomic E-state index is -0.287. The fraction of sp³-hybridized carbons (Fsp3) is 0.500. The van der Waals surface area contributed by atoms with E-state index in [1.807, 2.05) is 0 Å². The van der Waals surface area contributed by atoms with Crippen molar-refractivity contribution in [2.45, 2.75) is 58.6 Å². The normalized spacial score (nSPS) is 21.0. The third-order valence-corrected chi connectivity index (χ3v) is 5.49. The van der Waals surface area contributed by atoms with Crippen molar-refractivity contribution in [3.8, 4) is 6.07 Å². The molecule has 0 spiro atoms. The number of nitriles is 1. The summed E-state index contributed by atoms with van der Waals surface area (Å²) >= 11 is 0. The van der Waals surface area contributed by atoms with Crippen LogP contribution in [0.2, 0.25) is 0 Å². The SMILES string of the molecule is Cc1cccc(CCNc2ncc(C#N)c(N[C@@H]3CC[C@H](O)C(C)(C)C3)n2)c1. The zero-order chi connectivity index (χ0) is 20.1. The lowest BCUT2D eigenvalue weighted by molar-refractivity contribution is 0.00926. The van der Waals surface area contributed by atoms with Crippen molar-refractivity contribution >= 4 is 11.8 Å². The van der Waals surface area contributed by atoms with Crippen molar-refractivity contribution < 1.29 is 5.11 Å². The molecule has 148 valence electrons. The van der Waals surface area contributed by atoms with Gasteiger partial charge in [-0.25, -0.2) is 4.98 Å². The Morgan fingerprint density at radius 2 is 2.14 bits per heavy atom. The van der Waals surface area contributed by atoms with Crippen molar-refractivity contribution in [1.82, 2.24) is 9.97 Å². The maximum absolute atomic E-state index is 10.2. The number of nitrogens with one attached hydrogen (secondary N) is 2. The molecule has 3 N–H and O–H groups in total. The number of aryl methyl sites for hydroxylation is 1. The van der Waals surface area contributed by atoms with Crippen molar-refractivity contribution in [3.05, 3.63) is 47.2 Å². The van der Waals surface area contributed by atoms with E-state index in [4.69, 9.17) is 0 Å². The first kappa shape index (κ1) is 20.1. The van der Waals surface area contributed by atoms with E-state index in [0.29, 0.717) is 17.3 Å². The summed E-state index contributed by atoms with van der Waals surface area (Å²) in [5.41, 5.74) is 2.81. The molecule has 28 heavy (non-hydrogen) atoms. The van der Waals surface area contributed by atoms with E-state index in [9.17, 15) is 10.4 Å². The topological polar surface area (TPSA) is 93.9 Å². The number of hydrogen-bond acceptors (Lipinski definition) is 6. The van der Waals surface area contributed by atoms with Gasteiger partial charge in [-0.3, -0.25) is 0 Å². The zero-order valence-electron chi connectivity index (χ0n) is 16.9. The molecular formula is C22H29N5O. The molecule has 1 aliphatic carbocycles. The van der Waals surface area contributed by atoms with Crippen LogP contribution in [-0.4, -0.2) is 33.8 Å². The molecule has 3 rings (SSSR count). The van der Waals surface area contributed by atoms with Gasteiger partial charge in [-0.15, -0.1) is 0 Å². The number of aliphatic hydroxyl groups is 1. The van der Waals surface area contributed by atoms with Crippen LogP contribution in [0.15, 0.2) is 30.5 Å². The van der Waals surface area contributed by atoms with E-state index in [2.05, 4.69) is 71.7 Å². The molecule has 1 aromatic heterocycles. The monoisotopic (exact) mass is 379 g/mol. The second kappa shape index (κ2) is 8.57. The number of rotatable bonds is 6. The van der Waals surface area contributed by atoms with E-state index in [-0.39, 0.29) is 17.6 Å². The molecule has 1 saturated carbocycles. The predicted molar refractivity (Wildman–Crippen MR) is 111 cm³/mol. The Bertz CT molecular complexity index is 858. The first-order chi connectivity index (χ1) is 13.4. The van der Waals surface area contributed by atoms with Crippen LogP contribution in [0.5, 0.6) is 0 Å². The van der Waals surface area contributed by atoms with Gasteiger partial charge >= 0.3 is 0 Å². The maximum atomic E-state index is 10.2. The van der Waals surface area contributed by atoms with Crippen molar-refractivity contribution in [1.29, 1.82) is 5.26 Å². The first-order valence-electron chi connectivity index (χ1n) is 9.88. The molecule has 0 unspecified atom stereocenters. The maximum Gasteiger partial charge on any atom is 0.224 e. The van der Waals surface area contributed by atoms with E-state index in [1.54, 1.807) is 6.20 Å². The van der Waals surface area contributed by atoms with Crippen molar-refractivity contribution in [2.24, 2.45) is 5.41 Å². The molecule has 0 saturated heterocycles. The lowest BCUT2D eigenvalue weighted by Gasteiger charge is -2.40. The number of nitrogens with zero attached hydrogens (tertiary/aromatic N) is 3. The highest BCUT2D eigenvalue weighted by molar-refractivity contribution is 5.54. The number of aliphatic hydroxyl groups excluding tert-OH is 1. The molecule has 0 amide bonds. The van der Waals surface area contributed by atoms with Gasteiger partial charge in [-0.1, -0.05) is 43.7 Å². The smallest absolute Gasteiger partial charge is 0.224 e. The Balaban J connectivity index is 1.64. The van der Waals surface area contributed by atoms with Crippen LogP contribution in [0.4, 0.5) is 11.8 Å². The Morgan fingerprint density at radius 1 is 1.32 bits per heavy atom. The molecule has 1 fully saturated rings. The van der Waals surface area contributed by atoms with Crippen molar-refractivity contribution in [3.63, 3.8) is 0 Å². The molecule has 1 aliphatic rings. The fourth-order valence-corrected chi connectivity index (χ4v) is 3.78. The minimum Gasteiger partial charge on any atom is -0.393 e. The van der Waals surface area contributed by atoms with Crippen LogP contribution in [0, 0.1) is 23.7 Å². The summed E-state index contributed by atoms with van der Waals surface area (Å²) in [7, 11) is 0. The standard InChI is InChI=1S/C22H29N5O/c1-15-5-4-6-16(11-15)9-10-24-21-25-14-17(13-23)20(27-21)26-18-7-8-19(28)22(2,3)12-18/h4-6,11,14,18-19,28H,7-10,12H2,1-3H3,(H2,24,25,26,27)/t18-,19+/m1/s1. The molecule has 2 atom stereocenters. The van der Waals surface area contributed by atoms with Crippen molar-refractivity contribution in [2.75, 3.05) is 17.2 Å². The van der Waals surface area contributed by atoms with Gasteiger partial charge < -0.3 is 15.7 Å². The first-order valence-corrected chi connectivity index (χ1v) is 9.88. The average Bonchev–Trinajstić information content (AvgIpc) is 2.65. The van der Waals surface area contributed by atoms with E-state index < -0.39 is 0 Å². The van der Waals surface area contributed by atoms with E-state index >= 15 is 0 Å². The van der Waals surface area contributed by atoms with Gasteiger partial charge in [0, 0.05) is 12.6 Å². The molecule has 0 aliphatic heterocycles. The Labute approximate surface area is 167 Å². The molecule has 1 heterocycles. The molecule has 0 bridgehead atoms. The number of anilines is 2. The Kier molecular flexibility index (Phi) is 6.15. The quantitative estimate of drug-likeness (QED) is 0.709. The van der Waals surface area contributed by atoms with Crippen LogP contribution in [-0.2, 0) is 6.42 Å². The van der Waals surface area contributed by atoms with E-state index in [0.717, 1.165) is 32.2 Å². The highest BCUT2D eigenvalue weighted by Crippen LogP contribution is 2.36. The molecule has 2 aromatic rings. The molecule has 6 nitrogen and oxygen atoms in total. The summed E-state index contributed by atoms with van der Waals surface area (Å²) in [5, 5.41) is 26.2. The highest BCUT2D eigenvalue weighted by Gasteiger charge is 2.35. The van der Waals surface area contributed by atoms with Crippen LogP contribution < -0.4 is 10.6 Å². The summed E-state index contributed by atoms with van der Waals surface area (Å²) < 4.78 is 0. The third kappa shape index (κ3) is 4.99. The number of aromatic nitrogens is 2. The van der Waals surface area contributed by atoms with Gasteiger partial charge in [-0.05, 0) is 43.6 Å². The summed E-state index contributed by atoms with van der Waals surface area (Å²) in [5.74, 6) is 1.08. The number of hydrogen-bond donors (Lipinski definition) is 3. The molecule has 6 heteroatoms. The number of benzene rings is 1. The summed E-state index contributed by atoms with van der Waals surface area (Å²) in [6, 6.07) is 10.8.